The molecule has 29 heavy (non-hydrogen) atoms. The standard InChI is InChI=1S/C24H26ClNO3/c1-4-21-23(24(28)29-5-2)20(18-10-7-11-19(25)13-18)14-22(27)26(21)15-17-9-6-8-16(3)12-17/h6-13,20H,4-5,14-15H2,1-3H3/t20-/m1/s1. The highest BCUT2D eigenvalue weighted by Crippen LogP contribution is 2.39. The van der Waals surface area contributed by atoms with Crippen LogP contribution >= 0.6 is 11.6 Å². The van der Waals surface area contributed by atoms with Gasteiger partial charge in [0.1, 0.15) is 0 Å². The Kier molecular flexibility index (Phi) is 6.75. The first-order valence-corrected chi connectivity index (χ1v) is 10.3. The number of benzene rings is 2. The second-order valence-electron chi connectivity index (χ2n) is 7.22. The number of rotatable bonds is 6. The van der Waals surface area contributed by atoms with Crippen molar-refractivity contribution in [3.63, 3.8) is 0 Å². The van der Waals surface area contributed by atoms with Crippen LogP contribution in [0.3, 0.4) is 0 Å². The highest BCUT2D eigenvalue weighted by molar-refractivity contribution is 6.30. The second kappa shape index (κ2) is 9.27. The minimum atomic E-state index is -0.365. The van der Waals surface area contributed by atoms with Gasteiger partial charge in [0.15, 0.2) is 0 Å². The lowest BCUT2D eigenvalue weighted by Gasteiger charge is -2.35. The molecule has 1 aliphatic heterocycles. The first-order valence-electron chi connectivity index (χ1n) is 9.96. The summed E-state index contributed by atoms with van der Waals surface area (Å²) in [6, 6.07) is 15.4. The number of nitrogens with zero attached hydrogens (tertiary/aromatic N) is 1. The monoisotopic (exact) mass is 411 g/mol. The molecule has 3 rings (SSSR count). The van der Waals surface area contributed by atoms with Gasteiger partial charge in [-0.1, -0.05) is 60.5 Å². The number of amides is 1. The van der Waals surface area contributed by atoms with E-state index < -0.39 is 0 Å². The van der Waals surface area contributed by atoms with Crippen molar-refractivity contribution in [2.45, 2.75) is 46.1 Å². The van der Waals surface area contributed by atoms with Gasteiger partial charge in [0.05, 0.1) is 18.7 Å². The number of ether oxygens (including phenoxy) is 1. The van der Waals surface area contributed by atoms with Crippen LogP contribution in [0.4, 0.5) is 0 Å². The van der Waals surface area contributed by atoms with Crippen LogP contribution in [0.15, 0.2) is 59.8 Å². The molecule has 4 nitrogen and oxygen atoms in total. The van der Waals surface area contributed by atoms with Crippen LogP contribution in [0.1, 0.15) is 49.3 Å². The zero-order valence-corrected chi connectivity index (χ0v) is 17.8. The van der Waals surface area contributed by atoms with Crippen molar-refractivity contribution in [3.05, 3.63) is 81.5 Å². The molecule has 0 N–H and O–H groups in total. The highest BCUT2D eigenvalue weighted by atomic mass is 35.5. The van der Waals surface area contributed by atoms with Gasteiger partial charge in [0.25, 0.3) is 0 Å². The number of hydrogen-bond donors (Lipinski definition) is 0. The molecule has 1 aliphatic rings. The number of carbonyl (C=O) groups excluding carboxylic acids is 2. The maximum absolute atomic E-state index is 13.2. The molecule has 0 fully saturated rings. The summed E-state index contributed by atoms with van der Waals surface area (Å²) in [4.78, 5) is 27.8. The lowest BCUT2D eigenvalue weighted by Crippen LogP contribution is -2.38. The SMILES string of the molecule is CCOC(=O)C1=C(CC)N(Cc2cccc(C)c2)C(=O)C[C@@H]1c1cccc(Cl)c1. The third kappa shape index (κ3) is 4.70. The first kappa shape index (κ1) is 21.1. The van der Waals surface area contributed by atoms with E-state index in [1.807, 2.05) is 50.2 Å². The molecule has 1 amide bonds. The van der Waals surface area contributed by atoms with Crippen molar-refractivity contribution in [1.82, 2.24) is 4.90 Å². The van der Waals surface area contributed by atoms with Gasteiger partial charge in [-0.3, -0.25) is 4.79 Å². The maximum Gasteiger partial charge on any atom is 0.336 e. The summed E-state index contributed by atoms with van der Waals surface area (Å²) < 4.78 is 5.38. The lowest BCUT2D eigenvalue weighted by atomic mass is 9.82. The van der Waals surface area contributed by atoms with Crippen molar-refractivity contribution in [1.29, 1.82) is 0 Å². The van der Waals surface area contributed by atoms with E-state index in [1.165, 1.54) is 0 Å². The molecule has 1 atom stereocenters. The fraction of sp³-hybridized carbons (Fsp3) is 0.333. The third-order valence-corrected chi connectivity index (χ3v) is 5.40. The van der Waals surface area contributed by atoms with E-state index in [-0.39, 0.29) is 30.8 Å². The molecule has 0 bridgehead atoms. The first-order chi connectivity index (χ1) is 13.9. The summed E-state index contributed by atoms with van der Waals surface area (Å²) in [5, 5.41) is 0.582. The van der Waals surface area contributed by atoms with Crippen LogP contribution in [0.5, 0.6) is 0 Å². The van der Waals surface area contributed by atoms with Gasteiger partial charge in [0.2, 0.25) is 5.91 Å². The number of halogens is 1. The fourth-order valence-corrected chi connectivity index (χ4v) is 4.12. The van der Waals surface area contributed by atoms with E-state index in [0.717, 1.165) is 22.4 Å². The summed E-state index contributed by atoms with van der Waals surface area (Å²) >= 11 is 6.18. The minimum Gasteiger partial charge on any atom is -0.463 e. The predicted octanol–water partition coefficient (Wildman–Crippen LogP) is 5.39. The van der Waals surface area contributed by atoms with Gasteiger partial charge >= 0.3 is 5.97 Å². The van der Waals surface area contributed by atoms with Gasteiger partial charge in [-0.25, -0.2) is 4.79 Å². The normalized spacial score (nSPS) is 16.9. The molecular formula is C24H26ClNO3. The van der Waals surface area contributed by atoms with Gasteiger partial charge in [-0.15, -0.1) is 0 Å². The van der Waals surface area contributed by atoms with Gasteiger partial charge < -0.3 is 9.64 Å². The molecule has 5 heteroatoms. The van der Waals surface area contributed by atoms with E-state index in [9.17, 15) is 9.59 Å². The zero-order chi connectivity index (χ0) is 21.0. The molecule has 2 aromatic carbocycles. The topological polar surface area (TPSA) is 46.6 Å². The van der Waals surface area contributed by atoms with E-state index in [1.54, 1.807) is 17.9 Å². The molecule has 0 saturated carbocycles. The van der Waals surface area contributed by atoms with E-state index in [0.29, 0.717) is 23.6 Å². The number of carbonyl (C=O) groups is 2. The Balaban J connectivity index is 2.09. The summed E-state index contributed by atoms with van der Waals surface area (Å²) in [6.45, 7) is 6.50. The van der Waals surface area contributed by atoms with E-state index in [2.05, 4.69) is 6.07 Å². The second-order valence-corrected chi connectivity index (χ2v) is 7.65. The van der Waals surface area contributed by atoms with Crippen LogP contribution < -0.4 is 0 Å². The molecular weight excluding hydrogens is 386 g/mol. The Morgan fingerprint density at radius 2 is 1.93 bits per heavy atom. The average molecular weight is 412 g/mol. The summed E-state index contributed by atoms with van der Waals surface area (Å²) in [5.41, 5.74) is 4.32. The average Bonchev–Trinajstić information content (AvgIpc) is 2.69. The van der Waals surface area contributed by atoms with Crippen LogP contribution in [-0.2, 0) is 20.9 Å². The zero-order valence-electron chi connectivity index (χ0n) is 17.1. The Bertz CT molecular complexity index is 951. The molecule has 0 unspecified atom stereocenters. The number of hydrogen-bond acceptors (Lipinski definition) is 3. The summed E-state index contributed by atoms with van der Waals surface area (Å²) in [5.74, 6) is -0.721. The number of esters is 1. The van der Waals surface area contributed by atoms with Gasteiger partial charge in [-0.05, 0) is 43.5 Å². The molecule has 1 heterocycles. The molecule has 0 spiro atoms. The van der Waals surface area contributed by atoms with Gasteiger partial charge in [0, 0.05) is 23.1 Å². The summed E-state index contributed by atoms with van der Waals surface area (Å²) in [6.07, 6.45) is 0.770. The number of allylic oxidation sites excluding steroid dienone is 1. The molecule has 0 aromatic heterocycles. The third-order valence-electron chi connectivity index (χ3n) is 5.17. The van der Waals surface area contributed by atoms with Gasteiger partial charge in [-0.2, -0.15) is 0 Å². The van der Waals surface area contributed by atoms with E-state index in [4.69, 9.17) is 16.3 Å². The highest BCUT2D eigenvalue weighted by Gasteiger charge is 2.37. The Morgan fingerprint density at radius 1 is 1.17 bits per heavy atom. The smallest absolute Gasteiger partial charge is 0.336 e. The Morgan fingerprint density at radius 3 is 2.59 bits per heavy atom. The minimum absolute atomic E-state index is 0.00128. The van der Waals surface area contributed by atoms with Crippen LogP contribution in [0.25, 0.3) is 0 Å². The van der Waals surface area contributed by atoms with Crippen LogP contribution in [-0.4, -0.2) is 23.4 Å². The fourth-order valence-electron chi connectivity index (χ4n) is 3.92. The van der Waals surface area contributed by atoms with Crippen molar-refractivity contribution < 1.29 is 14.3 Å². The molecule has 0 radical (unpaired) electrons. The molecule has 2 aromatic rings. The Labute approximate surface area is 177 Å². The quantitative estimate of drug-likeness (QED) is 0.598. The van der Waals surface area contributed by atoms with Crippen molar-refractivity contribution in [3.8, 4) is 0 Å². The van der Waals surface area contributed by atoms with Crippen molar-refractivity contribution >= 4 is 23.5 Å². The summed E-state index contributed by atoms with van der Waals surface area (Å²) in [7, 11) is 0. The Hall–Kier alpha value is -2.59. The van der Waals surface area contributed by atoms with E-state index >= 15 is 0 Å². The predicted molar refractivity (Wildman–Crippen MR) is 114 cm³/mol. The maximum atomic E-state index is 13.2. The number of aryl methyl sites for hydroxylation is 1. The molecule has 152 valence electrons. The molecule has 0 saturated heterocycles. The van der Waals surface area contributed by atoms with Crippen molar-refractivity contribution in [2.24, 2.45) is 0 Å². The van der Waals surface area contributed by atoms with Crippen molar-refractivity contribution in [2.75, 3.05) is 6.61 Å². The molecule has 0 aliphatic carbocycles. The van der Waals surface area contributed by atoms with Crippen LogP contribution in [0.2, 0.25) is 5.02 Å². The largest absolute Gasteiger partial charge is 0.463 e. The van der Waals surface area contributed by atoms with Crippen LogP contribution in [0, 0.1) is 6.92 Å². The lowest BCUT2D eigenvalue weighted by molar-refractivity contribution is -0.140.